The number of carbonyl (C=O) groups excluding carboxylic acids is 1. The first kappa shape index (κ1) is 24.9. The molecule has 7 heteroatoms. The minimum absolute atomic E-state index is 0.413. The van der Waals surface area contributed by atoms with E-state index in [0.717, 1.165) is 42.8 Å². The predicted octanol–water partition coefficient (Wildman–Crippen LogP) is 8.34. The molecule has 0 saturated heterocycles. The maximum atomic E-state index is 12.5. The molecule has 0 amide bonds. The van der Waals surface area contributed by atoms with Crippen LogP contribution in [0.4, 0.5) is 5.82 Å². The smallest absolute Gasteiger partial charge is 0.343 e. The average Bonchev–Trinajstić information content (AvgIpc) is 3.24. The van der Waals surface area contributed by atoms with E-state index in [4.69, 9.17) is 14.8 Å². The number of ether oxygens (including phenoxy) is 1. The van der Waals surface area contributed by atoms with Crippen LogP contribution >= 0.6 is 31.9 Å². The van der Waals surface area contributed by atoms with Gasteiger partial charge in [0.1, 0.15) is 5.75 Å². The van der Waals surface area contributed by atoms with Crippen molar-refractivity contribution in [1.82, 2.24) is 9.78 Å². The van der Waals surface area contributed by atoms with Crippen LogP contribution in [0.2, 0.25) is 0 Å². The molecule has 0 aliphatic carbocycles. The number of esters is 1. The van der Waals surface area contributed by atoms with Crippen LogP contribution in [0.25, 0.3) is 16.8 Å². The van der Waals surface area contributed by atoms with Crippen molar-refractivity contribution in [1.29, 1.82) is 0 Å². The van der Waals surface area contributed by atoms with Crippen molar-refractivity contribution in [3.8, 4) is 22.6 Å². The van der Waals surface area contributed by atoms with Gasteiger partial charge in [-0.2, -0.15) is 5.10 Å². The number of aryl methyl sites for hydroxylation is 1. The van der Waals surface area contributed by atoms with E-state index < -0.39 is 5.97 Å². The zero-order chi connectivity index (χ0) is 25.8. The number of para-hydroxylation sites is 1. The molecule has 5 aromatic rings. The molecule has 1 aromatic heterocycles. The van der Waals surface area contributed by atoms with E-state index in [1.165, 1.54) is 0 Å². The van der Waals surface area contributed by atoms with Crippen LogP contribution in [-0.4, -0.2) is 22.0 Å². The second kappa shape index (κ2) is 11.1. The molecule has 0 aliphatic heterocycles. The molecule has 0 saturated carbocycles. The molecule has 1 heterocycles. The fourth-order valence-corrected chi connectivity index (χ4v) is 4.70. The number of nitrogens with zero attached hydrogens (tertiary/aromatic N) is 3. The fourth-order valence-electron chi connectivity index (χ4n) is 3.90. The molecule has 0 spiro atoms. The highest BCUT2D eigenvalue weighted by Crippen LogP contribution is 2.36. The van der Waals surface area contributed by atoms with Gasteiger partial charge >= 0.3 is 5.97 Å². The van der Waals surface area contributed by atoms with Gasteiger partial charge in [-0.25, -0.2) is 14.5 Å². The number of halogens is 2. The molecule has 5 nitrogen and oxygen atoms in total. The van der Waals surface area contributed by atoms with Crippen LogP contribution in [-0.2, 0) is 0 Å². The molecule has 5 rings (SSSR count). The highest BCUT2D eigenvalue weighted by atomic mass is 79.9. The van der Waals surface area contributed by atoms with Gasteiger partial charge in [0.15, 0.2) is 5.82 Å². The Labute approximate surface area is 231 Å². The minimum atomic E-state index is -0.413. The number of rotatable bonds is 6. The van der Waals surface area contributed by atoms with Crippen molar-refractivity contribution in [2.75, 3.05) is 0 Å². The molecule has 182 valence electrons. The van der Waals surface area contributed by atoms with Gasteiger partial charge in [0, 0.05) is 20.7 Å². The first-order valence-electron chi connectivity index (χ1n) is 11.5. The lowest BCUT2D eigenvalue weighted by atomic mass is 10.1. The summed E-state index contributed by atoms with van der Waals surface area (Å²) in [5.41, 5.74) is 5.13. The van der Waals surface area contributed by atoms with Gasteiger partial charge < -0.3 is 4.74 Å². The molecule has 0 fully saturated rings. The Morgan fingerprint density at radius 1 is 0.865 bits per heavy atom. The summed E-state index contributed by atoms with van der Waals surface area (Å²) in [5, 5.41) is 4.81. The van der Waals surface area contributed by atoms with E-state index in [0.29, 0.717) is 11.3 Å². The molecular weight excluding hydrogens is 594 g/mol. The Kier molecular flexibility index (Phi) is 7.44. The highest BCUT2D eigenvalue weighted by Gasteiger charge is 2.18. The lowest BCUT2D eigenvalue weighted by Gasteiger charge is -2.07. The van der Waals surface area contributed by atoms with Gasteiger partial charge in [-0.15, -0.1) is 0 Å². The van der Waals surface area contributed by atoms with Gasteiger partial charge in [0.2, 0.25) is 0 Å². The minimum Gasteiger partial charge on any atom is -0.423 e. The Bertz CT molecular complexity index is 1590. The van der Waals surface area contributed by atoms with E-state index in [1.807, 2.05) is 72.3 Å². The van der Waals surface area contributed by atoms with Gasteiger partial charge in [-0.1, -0.05) is 68.3 Å². The number of benzene rings is 4. The standard InChI is InChI=1S/C30H21Br2N3O2/c1-20-28(22-7-5-9-24(31)17-22)29(35(34-20)26-11-3-2-4-12-26)33-19-21-13-15-27(16-14-21)37-30(36)23-8-6-10-25(32)18-23/h2-19H,1H3/b33-19+. The molecule has 0 N–H and O–H groups in total. The van der Waals surface area contributed by atoms with Crippen molar-refractivity contribution >= 4 is 49.9 Å². The van der Waals surface area contributed by atoms with Crippen molar-refractivity contribution in [2.24, 2.45) is 4.99 Å². The van der Waals surface area contributed by atoms with E-state index in [9.17, 15) is 4.79 Å². The van der Waals surface area contributed by atoms with Crippen molar-refractivity contribution in [2.45, 2.75) is 6.92 Å². The summed E-state index contributed by atoms with van der Waals surface area (Å²) in [6, 6.07) is 32.4. The van der Waals surface area contributed by atoms with Gasteiger partial charge in [0.25, 0.3) is 0 Å². The fraction of sp³-hybridized carbons (Fsp3) is 0.0333. The van der Waals surface area contributed by atoms with E-state index >= 15 is 0 Å². The normalized spacial score (nSPS) is 11.1. The Balaban J connectivity index is 1.45. The van der Waals surface area contributed by atoms with Crippen LogP contribution in [0.1, 0.15) is 21.6 Å². The van der Waals surface area contributed by atoms with Gasteiger partial charge in [0.05, 0.1) is 16.9 Å². The monoisotopic (exact) mass is 613 g/mol. The predicted molar refractivity (Wildman–Crippen MR) is 154 cm³/mol. The molecule has 37 heavy (non-hydrogen) atoms. The van der Waals surface area contributed by atoms with E-state index in [1.54, 1.807) is 36.5 Å². The summed E-state index contributed by atoms with van der Waals surface area (Å²) in [6.07, 6.45) is 1.79. The maximum Gasteiger partial charge on any atom is 0.343 e. The molecule has 0 bridgehead atoms. The highest BCUT2D eigenvalue weighted by molar-refractivity contribution is 9.10. The zero-order valence-corrected chi connectivity index (χ0v) is 23.0. The summed E-state index contributed by atoms with van der Waals surface area (Å²) in [6.45, 7) is 1.99. The third-order valence-corrected chi connectivity index (χ3v) is 6.62. The first-order chi connectivity index (χ1) is 18.0. The summed E-state index contributed by atoms with van der Waals surface area (Å²) < 4.78 is 9.18. The van der Waals surface area contributed by atoms with Crippen molar-refractivity contribution < 1.29 is 9.53 Å². The quantitative estimate of drug-likeness (QED) is 0.110. The van der Waals surface area contributed by atoms with Gasteiger partial charge in [-0.05, 0) is 84.8 Å². The van der Waals surface area contributed by atoms with Crippen molar-refractivity contribution in [3.05, 3.63) is 129 Å². The lowest BCUT2D eigenvalue weighted by molar-refractivity contribution is 0.0734. The topological polar surface area (TPSA) is 56.5 Å². The summed E-state index contributed by atoms with van der Waals surface area (Å²) >= 11 is 6.95. The van der Waals surface area contributed by atoms with Crippen LogP contribution in [0.5, 0.6) is 5.75 Å². The van der Waals surface area contributed by atoms with Crippen LogP contribution in [0.15, 0.2) is 117 Å². The SMILES string of the molecule is Cc1nn(-c2ccccc2)c(/N=C/c2ccc(OC(=O)c3cccc(Br)c3)cc2)c1-c1cccc(Br)c1. The largest absolute Gasteiger partial charge is 0.423 e. The number of hydrogen-bond donors (Lipinski definition) is 0. The van der Waals surface area contributed by atoms with E-state index in [2.05, 4.69) is 44.0 Å². The summed E-state index contributed by atoms with van der Waals surface area (Å²) in [5.74, 6) is 0.776. The molecule has 0 unspecified atom stereocenters. The Hall–Kier alpha value is -3.81. The second-order valence-electron chi connectivity index (χ2n) is 8.27. The average molecular weight is 615 g/mol. The third-order valence-electron chi connectivity index (χ3n) is 5.64. The van der Waals surface area contributed by atoms with Crippen LogP contribution < -0.4 is 4.74 Å². The Morgan fingerprint density at radius 3 is 2.27 bits per heavy atom. The zero-order valence-electron chi connectivity index (χ0n) is 19.8. The molecule has 0 radical (unpaired) electrons. The van der Waals surface area contributed by atoms with E-state index in [-0.39, 0.29) is 0 Å². The Morgan fingerprint density at radius 2 is 1.57 bits per heavy atom. The molecule has 0 aliphatic rings. The number of hydrogen-bond acceptors (Lipinski definition) is 4. The maximum absolute atomic E-state index is 12.5. The number of aliphatic imine (C=N–C) groups is 1. The second-order valence-corrected chi connectivity index (χ2v) is 10.1. The van der Waals surface area contributed by atoms with Gasteiger partial charge in [-0.3, -0.25) is 0 Å². The first-order valence-corrected chi connectivity index (χ1v) is 13.1. The molecule has 0 atom stereocenters. The lowest BCUT2D eigenvalue weighted by Crippen LogP contribution is -2.08. The van der Waals surface area contributed by atoms with Crippen molar-refractivity contribution in [3.63, 3.8) is 0 Å². The number of aromatic nitrogens is 2. The summed E-state index contributed by atoms with van der Waals surface area (Å²) in [7, 11) is 0. The van der Waals surface area contributed by atoms with Crippen LogP contribution in [0, 0.1) is 6.92 Å². The summed E-state index contributed by atoms with van der Waals surface area (Å²) in [4.78, 5) is 17.3. The molecular formula is C30H21Br2N3O2. The van der Waals surface area contributed by atoms with Crippen LogP contribution in [0.3, 0.4) is 0 Å². The third kappa shape index (κ3) is 5.79. The molecule has 4 aromatic carbocycles. The number of carbonyl (C=O) groups is 1.